The van der Waals surface area contributed by atoms with E-state index in [1.807, 2.05) is 0 Å². The first-order valence-electron chi connectivity index (χ1n) is 13.9. The van der Waals surface area contributed by atoms with Crippen molar-refractivity contribution in [3.8, 4) is 11.5 Å². The van der Waals surface area contributed by atoms with E-state index in [4.69, 9.17) is 4.43 Å². The average Bonchev–Trinajstić information content (AvgIpc) is 3.10. The van der Waals surface area contributed by atoms with E-state index in [0.717, 1.165) is 25.7 Å². The minimum Gasteiger partial charge on any atom is -0.401 e. The molecule has 34 heavy (non-hydrogen) atoms. The van der Waals surface area contributed by atoms with E-state index < -0.39 is 16.4 Å². The molecule has 194 valence electrons. The number of hydrogen-bond donors (Lipinski definition) is 0. The summed E-state index contributed by atoms with van der Waals surface area (Å²) in [5, 5.41) is 0. The maximum Gasteiger partial charge on any atom is 0.194 e. The highest BCUT2D eigenvalue weighted by atomic mass is 28.4. The summed E-state index contributed by atoms with van der Waals surface area (Å²) in [4.78, 5) is 0. The first-order valence-corrected chi connectivity index (χ1v) is 20.0. The van der Waals surface area contributed by atoms with Crippen LogP contribution >= 0.6 is 0 Å². The SMILES string of the molecule is C=CC1=CC[C@H](C(C)C)[C@@]1(C)CCC(C#C[Si](C)(C)C)(CCC=C(C)C)O[Si](CC)(CC)CC. The summed E-state index contributed by atoms with van der Waals surface area (Å²) in [6.07, 6.45) is 12.3. The van der Waals surface area contributed by atoms with Crippen LogP contribution in [0.25, 0.3) is 0 Å². The van der Waals surface area contributed by atoms with E-state index >= 15 is 0 Å². The van der Waals surface area contributed by atoms with Crippen molar-refractivity contribution in [3.05, 3.63) is 36.0 Å². The molecule has 0 N–H and O–H groups in total. The molecule has 3 heteroatoms. The van der Waals surface area contributed by atoms with Crippen LogP contribution in [0.15, 0.2) is 36.0 Å². The Morgan fingerprint density at radius 1 is 1.18 bits per heavy atom. The first kappa shape index (κ1) is 31.2. The first-order chi connectivity index (χ1) is 15.7. The minimum atomic E-state index is -1.83. The quantitative estimate of drug-likeness (QED) is 0.139. The fraction of sp³-hybridized carbons (Fsp3) is 0.742. The maximum absolute atomic E-state index is 7.43. The summed E-state index contributed by atoms with van der Waals surface area (Å²) in [5.74, 6) is 5.19. The van der Waals surface area contributed by atoms with Gasteiger partial charge in [-0.15, -0.1) is 5.54 Å². The lowest BCUT2D eigenvalue weighted by molar-refractivity contribution is 0.0714. The molecule has 1 nitrogen and oxygen atoms in total. The van der Waals surface area contributed by atoms with Gasteiger partial charge in [0.15, 0.2) is 8.32 Å². The molecular formula is C31H56OSi2. The van der Waals surface area contributed by atoms with Crippen molar-refractivity contribution < 1.29 is 4.43 Å². The van der Waals surface area contributed by atoms with Crippen LogP contribution in [-0.4, -0.2) is 22.0 Å². The molecule has 0 aliphatic heterocycles. The smallest absolute Gasteiger partial charge is 0.194 e. The zero-order valence-electron chi connectivity index (χ0n) is 24.7. The van der Waals surface area contributed by atoms with Gasteiger partial charge in [0.2, 0.25) is 0 Å². The van der Waals surface area contributed by atoms with Crippen LogP contribution in [0.2, 0.25) is 37.8 Å². The van der Waals surface area contributed by atoms with Crippen LogP contribution in [-0.2, 0) is 4.43 Å². The van der Waals surface area contributed by atoms with Gasteiger partial charge < -0.3 is 4.43 Å². The Bertz CT molecular complexity index is 772. The van der Waals surface area contributed by atoms with E-state index in [2.05, 4.69) is 111 Å². The molecule has 0 saturated heterocycles. The molecular weight excluding hydrogens is 445 g/mol. The highest BCUT2D eigenvalue weighted by Crippen LogP contribution is 2.52. The predicted octanol–water partition coefficient (Wildman–Crippen LogP) is 9.95. The second-order valence-electron chi connectivity index (χ2n) is 12.5. The van der Waals surface area contributed by atoms with E-state index in [0.29, 0.717) is 11.8 Å². The normalized spacial score (nSPS) is 22.6. The van der Waals surface area contributed by atoms with Crippen molar-refractivity contribution in [1.29, 1.82) is 0 Å². The molecule has 0 amide bonds. The summed E-state index contributed by atoms with van der Waals surface area (Å²) >= 11 is 0. The maximum atomic E-state index is 7.43. The van der Waals surface area contributed by atoms with E-state index in [-0.39, 0.29) is 11.0 Å². The molecule has 0 aromatic rings. The van der Waals surface area contributed by atoms with E-state index in [1.54, 1.807) is 0 Å². The van der Waals surface area contributed by atoms with Gasteiger partial charge in [0, 0.05) is 0 Å². The third-order valence-corrected chi connectivity index (χ3v) is 13.8. The Morgan fingerprint density at radius 2 is 1.76 bits per heavy atom. The summed E-state index contributed by atoms with van der Waals surface area (Å²) in [7, 11) is -3.37. The van der Waals surface area contributed by atoms with Crippen LogP contribution in [0.3, 0.4) is 0 Å². The summed E-state index contributed by atoms with van der Waals surface area (Å²) < 4.78 is 7.43. The fourth-order valence-corrected chi connectivity index (χ4v) is 9.35. The van der Waals surface area contributed by atoms with Crippen molar-refractivity contribution in [3.63, 3.8) is 0 Å². The van der Waals surface area contributed by atoms with Crippen LogP contribution in [0.4, 0.5) is 0 Å². The third kappa shape index (κ3) is 8.39. The average molecular weight is 501 g/mol. The number of hydrogen-bond acceptors (Lipinski definition) is 1. The molecule has 1 aliphatic carbocycles. The van der Waals surface area contributed by atoms with Crippen molar-refractivity contribution >= 4 is 16.4 Å². The van der Waals surface area contributed by atoms with E-state index in [1.165, 1.54) is 35.7 Å². The Labute approximate surface area is 216 Å². The molecule has 0 aromatic heterocycles. The van der Waals surface area contributed by atoms with Gasteiger partial charge in [-0.05, 0) is 86.9 Å². The molecule has 0 bridgehead atoms. The van der Waals surface area contributed by atoms with Crippen LogP contribution in [0, 0.1) is 28.7 Å². The lowest BCUT2D eigenvalue weighted by atomic mass is 9.66. The molecule has 1 unspecified atom stereocenters. The Balaban J connectivity index is 3.54. The molecule has 3 atom stereocenters. The minimum absolute atomic E-state index is 0.150. The molecule has 1 aliphatic rings. The Hall–Kier alpha value is -0.826. The molecule has 1 rings (SSSR count). The standard InChI is InChI=1S/C31H56OSi2/c1-13-28-19-20-29(27(7)8)30(28,9)22-23-31(21-17-18-26(5)6,24-25-33(10,11)12)32-34(14-2,15-3)16-4/h13,18-19,27,29H,1,14-17,20-23H2,2-12H3/t29-,30+,31?/m1/s1. The van der Waals surface area contributed by atoms with Gasteiger partial charge in [-0.25, -0.2) is 0 Å². The lowest BCUT2D eigenvalue weighted by Crippen LogP contribution is -2.48. The number of allylic oxidation sites excluding steroid dienone is 5. The van der Waals surface area contributed by atoms with Gasteiger partial charge in [0.05, 0.1) is 0 Å². The van der Waals surface area contributed by atoms with Gasteiger partial charge in [0.25, 0.3) is 0 Å². The van der Waals surface area contributed by atoms with Gasteiger partial charge in [-0.1, -0.05) is 97.5 Å². The van der Waals surface area contributed by atoms with Crippen molar-refractivity contribution in [1.82, 2.24) is 0 Å². The monoisotopic (exact) mass is 500 g/mol. The molecule has 0 spiro atoms. The highest BCUT2D eigenvalue weighted by Gasteiger charge is 2.45. The van der Waals surface area contributed by atoms with Crippen LogP contribution in [0.5, 0.6) is 0 Å². The second kappa shape index (κ2) is 12.9. The zero-order chi connectivity index (χ0) is 26.2. The number of rotatable bonds is 13. The topological polar surface area (TPSA) is 9.23 Å². The zero-order valence-corrected chi connectivity index (χ0v) is 26.7. The lowest BCUT2D eigenvalue weighted by Gasteiger charge is -2.43. The van der Waals surface area contributed by atoms with Crippen molar-refractivity contribution in [2.75, 3.05) is 0 Å². The Kier molecular flexibility index (Phi) is 11.9. The highest BCUT2D eigenvalue weighted by molar-refractivity contribution is 6.83. The van der Waals surface area contributed by atoms with Gasteiger partial charge >= 0.3 is 0 Å². The Morgan fingerprint density at radius 3 is 2.21 bits per heavy atom. The van der Waals surface area contributed by atoms with Crippen molar-refractivity contribution in [2.45, 2.75) is 131 Å². The van der Waals surface area contributed by atoms with Crippen LogP contribution in [0.1, 0.15) is 87.5 Å². The molecule has 0 fully saturated rings. The molecule has 0 heterocycles. The summed E-state index contributed by atoms with van der Waals surface area (Å²) in [6.45, 7) is 30.0. The molecule has 0 radical (unpaired) electrons. The second-order valence-corrected chi connectivity index (χ2v) is 22.0. The van der Waals surface area contributed by atoms with Gasteiger partial charge in [-0.3, -0.25) is 0 Å². The van der Waals surface area contributed by atoms with Gasteiger partial charge in [-0.2, -0.15) is 0 Å². The summed E-state index contributed by atoms with van der Waals surface area (Å²) in [6, 6.07) is 3.51. The van der Waals surface area contributed by atoms with Gasteiger partial charge in [0.1, 0.15) is 13.7 Å². The largest absolute Gasteiger partial charge is 0.401 e. The van der Waals surface area contributed by atoms with E-state index in [9.17, 15) is 0 Å². The summed E-state index contributed by atoms with van der Waals surface area (Å²) in [5.41, 5.74) is 6.40. The van der Waals surface area contributed by atoms with Crippen LogP contribution < -0.4 is 0 Å². The fourth-order valence-electron chi connectivity index (χ4n) is 5.73. The third-order valence-electron chi connectivity index (χ3n) is 8.25. The molecule has 0 saturated carbocycles. The van der Waals surface area contributed by atoms with Crippen molar-refractivity contribution in [2.24, 2.45) is 17.3 Å². The molecule has 0 aromatic carbocycles. The predicted molar refractivity (Wildman–Crippen MR) is 159 cm³/mol.